The Kier molecular flexibility index (Phi) is 5.20. The van der Waals surface area contributed by atoms with Crippen molar-refractivity contribution in [3.8, 4) is 0 Å². The van der Waals surface area contributed by atoms with Crippen molar-refractivity contribution in [2.75, 3.05) is 19.6 Å². The maximum Gasteiger partial charge on any atom is 0.270 e. The topological polar surface area (TPSA) is 62.3 Å². The van der Waals surface area contributed by atoms with Crippen LogP contribution in [0.4, 0.5) is 0 Å². The lowest BCUT2D eigenvalue weighted by molar-refractivity contribution is -0.134. The number of rotatable bonds is 5. The first kappa shape index (κ1) is 17.5. The molecule has 2 amide bonds. The third kappa shape index (κ3) is 3.90. The highest BCUT2D eigenvalue weighted by Crippen LogP contribution is 2.48. The molecular weight excluding hydrogens is 346 g/mol. The summed E-state index contributed by atoms with van der Waals surface area (Å²) in [5.41, 5.74) is 2.16. The predicted octanol–water partition coefficient (Wildman–Crippen LogP) is 2.88. The lowest BCUT2D eigenvalue weighted by Crippen LogP contribution is -2.42. The SMILES string of the molecule is O=C(NCC1CCN(C(=O)C2C[C@@H]2C2C=CC=CC2)CC1)c1cscn1. The molecule has 0 aromatic carbocycles. The summed E-state index contributed by atoms with van der Waals surface area (Å²) in [5.74, 6) is 2.02. The Hall–Kier alpha value is -1.95. The first-order chi connectivity index (χ1) is 12.7. The van der Waals surface area contributed by atoms with Crippen LogP contribution in [0.3, 0.4) is 0 Å². The Morgan fingerprint density at radius 2 is 2.12 bits per heavy atom. The highest BCUT2D eigenvalue weighted by atomic mass is 32.1. The van der Waals surface area contributed by atoms with Gasteiger partial charge in [0.25, 0.3) is 5.91 Å². The molecule has 2 aliphatic carbocycles. The van der Waals surface area contributed by atoms with E-state index in [9.17, 15) is 9.59 Å². The van der Waals surface area contributed by atoms with E-state index >= 15 is 0 Å². The van der Waals surface area contributed by atoms with Crippen molar-refractivity contribution < 1.29 is 9.59 Å². The summed E-state index contributed by atoms with van der Waals surface area (Å²) < 4.78 is 0. The summed E-state index contributed by atoms with van der Waals surface area (Å²) in [6, 6.07) is 0. The number of piperidine rings is 1. The lowest BCUT2D eigenvalue weighted by atomic mass is 9.93. The highest BCUT2D eigenvalue weighted by Gasteiger charge is 2.48. The monoisotopic (exact) mass is 371 g/mol. The molecule has 1 N–H and O–H groups in total. The van der Waals surface area contributed by atoms with Gasteiger partial charge in [0.2, 0.25) is 5.91 Å². The zero-order chi connectivity index (χ0) is 17.9. The zero-order valence-electron chi connectivity index (χ0n) is 14.8. The number of nitrogens with one attached hydrogen (secondary N) is 1. The van der Waals surface area contributed by atoms with Crippen LogP contribution in [-0.4, -0.2) is 41.3 Å². The van der Waals surface area contributed by atoms with Crippen molar-refractivity contribution in [2.45, 2.75) is 25.7 Å². The lowest BCUT2D eigenvalue weighted by Gasteiger charge is -2.32. The molecule has 6 heteroatoms. The van der Waals surface area contributed by atoms with Crippen molar-refractivity contribution in [1.29, 1.82) is 0 Å². The molecule has 1 saturated carbocycles. The largest absolute Gasteiger partial charge is 0.350 e. The van der Waals surface area contributed by atoms with E-state index in [1.54, 1.807) is 10.9 Å². The van der Waals surface area contributed by atoms with Crippen LogP contribution in [0.2, 0.25) is 0 Å². The van der Waals surface area contributed by atoms with Crippen LogP contribution in [-0.2, 0) is 4.79 Å². The number of amides is 2. The van der Waals surface area contributed by atoms with E-state index in [4.69, 9.17) is 0 Å². The number of carbonyl (C=O) groups excluding carboxylic acids is 2. The van der Waals surface area contributed by atoms with Crippen molar-refractivity contribution in [3.63, 3.8) is 0 Å². The van der Waals surface area contributed by atoms with Gasteiger partial charge in [-0.2, -0.15) is 0 Å². The fourth-order valence-electron chi connectivity index (χ4n) is 4.13. The maximum atomic E-state index is 12.7. The molecule has 0 radical (unpaired) electrons. The number of thiazole rings is 1. The van der Waals surface area contributed by atoms with Crippen LogP contribution < -0.4 is 5.32 Å². The standard InChI is InChI=1S/C20H25N3O2S/c24-19(18-12-26-13-22-18)21-11-14-6-8-23(9-7-14)20(25)17-10-16(17)15-4-2-1-3-5-15/h1-4,12-17H,5-11H2,(H,21,24)/t15?,16-,17?/m1/s1. The molecule has 2 fully saturated rings. The van der Waals surface area contributed by atoms with Gasteiger partial charge in [0, 0.05) is 30.9 Å². The van der Waals surface area contributed by atoms with Gasteiger partial charge in [0.05, 0.1) is 5.51 Å². The number of hydrogen-bond acceptors (Lipinski definition) is 4. The van der Waals surface area contributed by atoms with Crippen LogP contribution in [0.25, 0.3) is 0 Å². The molecule has 0 spiro atoms. The molecule has 3 atom stereocenters. The normalized spacial score (nSPS) is 28.2. The van der Waals surface area contributed by atoms with Crippen LogP contribution in [0.1, 0.15) is 36.2 Å². The van der Waals surface area contributed by atoms with Gasteiger partial charge in [0.1, 0.15) is 5.69 Å². The van der Waals surface area contributed by atoms with Gasteiger partial charge < -0.3 is 10.2 Å². The summed E-state index contributed by atoms with van der Waals surface area (Å²) in [7, 11) is 0. The van der Waals surface area contributed by atoms with E-state index in [1.807, 2.05) is 4.90 Å². The molecular formula is C20H25N3O2S. The second-order valence-electron chi connectivity index (χ2n) is 7.57. The molecule has 1 aromatic rings. The maximum absolute atomic E-state index is 12.7. The zero-order valence-corrected chi connectivity index (χ0v) is 15.7. The number of allylic oxidation sites excluding steroid dienone is 4. The Labute approximate surface area is 158 Å². The second-order valence-corrected chi connectivity index (χ2v) is 8.29. The summed E-state index contributed by atoms with van der Waals surface area (Å²) in [5, 5.41) is 4.74. The van der Waals surface area contributed by atoms with Gasteiger partial charge in [-0.15, -0.1) is 11.3 Å². The van der Waals surface area contributed by atoms with E-state index in [0.717, 1.165) is 38.8 Å². The number of likely N-dealkylation sites (tertiary alicyclic amines) is 1. The van der Waals surface area contributed by atoms with Gasteiger partial charge in [-0.1, -0.05) is 24.3 Å². The molecule has 2 heterocycles. The van der Waals surface area contributed by atoms with Gasteiger partial charge >= 0.3 is 0 Å². The van der Waals surface area contributed by atoms with Crippen molar-refractivity contribution in [2.24, 2.45) is 23.7 Å². The fraction of sp³-hybridized carbons (Fsp3) is 0.550. The number of nitrogens with zero attached hydrogens (tertiary/aromatic N) is 2. The first-order valence-electron chi connectivity index (χ1n) is 9.51. The Morgan fingerprint density at radius 3 is 2.81 bits per heavy atom. The van der Waals surface area contributed by atoms with Crippen LogP contribution >= 0.6 is 11.3 Å². The minimum atomic E-state index is -0.0971. The van der Waals surface area contributed by atoms with Crippen LogP contribution in [0.15, 0.2) is 35.2 Å². The molecule has 1 aliphatic heterocycles. The van der Waals surface area contributed by atoms with E-state index in [0.29, 0.717) is 35.9 Å². The van der Waals surface area contributed by atoms with Gasteiger partial charge in [-0.3, -0.25) is 9.59 Å². The second kappa shape index (κ2) is 7.74. The molecule has 26 heavy (non-hydrogen) atoms. The van der Waals surface area contributed by atoms with E-state index < -0.39 is 0 Å². The average molecular weight is 372 g/mol. The Morgan fingerprint density at radius 1 is 1.27 bits per heavy atom. The summed E-state index contributed by atoms with van der Waals surface area (Å²) in [4.78, 5) is 30.8. The van der Waals surface area contributed by atoms with Crippen molar-refractivity contribution in [3.05, 3.63) is 40.9 Å². The Balaban J connectivity index is 1.19. The molecule has 2 unspecified atom stereocenters. The molecule has 1 saturated heterocycles. The third-order valence-corrected chi connectivity index (χ3v) is 6.45. The molecule has 5 nitrogen and oxygen atoms in total. The van der Waals surface area contributed by atoms with Crippen LogP contribution in [0, 0.1) is 23.7 Å². The molecule has 1 aromatic heterocycles. The fourth-order valence-corrected chi connectivity index (χ4v) is 4.67. The first-order valence-corrected chi connectivity index (χ1v) is 10.4. The molecule has 138 valence electrons. The number of carbonyl (C=O) groups is 2. The minimum Gasteiger partial charge on any atom is -0.350 e. The molecule has 0 bridgehead atoms. The Bertz CT molecular complexity index is 705. The van der Waals surface area contributed by atoms with Gasteiger partial charge in [-0.25, -0.2) is 4.98 Å². The minimum absolute atomic E-state index is 0.0971. The smallest absolute Gasteiger partial charge is 0.270 e. The molecule has 4 rings (SSSR count). The number of hydrogen-bond donors (Lipinski definition) is 1. The number of aromatic nitrogens is 1. The van der Waals surface area contributed by atoms with Crippen molar-refractivity contribution >= 4 is 23.2 Å². The van der Waals surface area contributed by atoms with Crippen molar-refractivity contribution in [1.82, 2.24) is 15.2 Å². The average Bonchev–Trinajstić information content (AvgIpc) is 3.30. The summed E-state index contributed by atoms with van der Waals surface area (Å²) in [6.07, 6.45) is 12.7. The predicted molar refractivity (Wildman–Crippen MR) is 102 cm³/mol. The quantitative estimate of drug-likeness (QED) is 0.866. The van der Waals surface area contributed by atoms with E-state index in [1.165, 1.54) is 11.3 Å². The molecule has 3 aliphatic rings. The summed E-state index contributed by atoms with van der Waals surface area (Å²) >= 11 is 1.43. The summed E-state index contributed by atoms with van der Waals surface area (Å²) in [6.45, 7) is 2.31. The van der Waals surface area contributed by atoms with Gasteiger partial charge in [-0.05, 0) is 43.4 Å². The van der Waals surface area contributed by atoms with Crippen LogP contribution in [0.5, 0.6) is 0 Å². The van der Waals surface area contributed by atoms with Gasteiger partial charge in [0.15, 0.2) is 0 Å². The highest BCUT2D eigenvalue weighted by molar-refractivity contribution is 7.07. The third-order valence-electron chi connectivity index (χ3n) is 5.86. The van der Waals surface area contributed by atoms with E-state index in [-0.39, 0.29) is 11.8 Å². The van der Waals surface area contributed by atoms with E-state index in [2.05, 4.69) is 34.6 Å².